The predicted molar refractivity (Wildman–Crippen MR) is 81.8 cm³/mol. The first kappa shape index (κ1) is 14.6. The van der Waals surface area contributed by atoms with Gasteiger partial charge in [-0.25, -0.2) is 4.98 Å². The lowest BCUT2D eigenvalue weighted by molar-refractivity contribution is -0.115. The Hall–Kier alpha value is -1.76. The lowest BCUT2D eigenvalue weighted by atomic mass is 10.3. The van der Waals surface area contributed by atoms with E-state index in [-0.39, 0.29) is 5.91 Å². The minimum atomic E-state index is -0.0313. The van der Waals surface area contributed by atoms with Crippen LogP contribution in [0.2, 0.25) is 0 Å². The maximum atomic E-state index is 11.5. The summed E-state index contributed by atoms with van der Waals surface area (Å²) in [7, 11) is 0. The third-order valence-electron chi connectivity index (χ3n) is 2.58. The van der Waals surface area contributed by atoms with Crippen LogP contribution < -0.4 is 16.0 Å². The smallest absolute Gasteiger partial charge is 0.231 e. The van der Waals surface area contributed by atoms with Gasteiger partial charge in [0.15, 0.2) is 0 Å². The summed E-state index contributed by atoms with van der Waals surface area (Å²) in [5, 5.41) is 11.7. The molecule has 20 heavy (non-hydrogen) atoms. The number of anilines is 1. The molecule has 1 aliphatic heterocycles. The first-order valence-corrected chi connectivity index (χ1v) is 7.37. The Morgan fingerprint density at radius 2 is 2.00 bits per heavy atom. The second kappa shape index (κ2) is 8.42. The van der Waals surface area contributed by atoms with Gasteiger partial charge < -0.3 is 16.0 Å². The van der Waals surface area contributed by atoms with Gasteiger partial charge in [-0.05, 0) is 12.1 Å². The molecule has 0 aliphatic carbocycles. The molecule has 1 aromatic carbocycles. The van der Waals surface area contributed by atoms with Gasteiger partial charge in [-0.3, -0.25) is 4.79 Å². The molecular weight excluding hydrogens is 272 g/mol. The molecule has 0 radical (unpaired) electrons. The first-order chi connectivity index (χ1) is 9.84. The van der Waals surface area contributed by atoms with E-state index in [4.69, 9.17) is 0 Å². The van der Waals surface area contributed by atoms with Crippen molar-refractivity contribution in [2.75, 3.05) is 25.1 Å². The number of aromatic nitrogens is 1. The zero-order chi connectivity index (χ0) is 14.0. The van der Waals surface area contributed by atoms with E-state index >= 15 is 0 Å². The SMILES string of the molecule is C1CNCN1.O=C(Cc1nccs1)Nc1ccccc1. The number of nitrogens with zero attached hydrogens (tertiary/aromatic N) is 1. The van der Waals surface area contributed by atoms with Crippen LogP contribution in [0.5, 0.6) is 0 Å². The molecule has 0 unspecified atom stereocenters. The van der Waals surface area contributed by atoms with E-state index in [2.05, 4.69) is 20.9 Å². The molecule has 0 atom stereocenters. The van der Waals surface area contributed by atoms with Crippen molar-refractivity contribution < 1.29 is 4.79 Å². The zero-order valence-corrected chi connectivity index (χ0v) is 12.0. The molecule has 2 heterocycles. The van der Waals surface area contributed by atoms with Crippen LogP contribution in [0.4, 0.5) is 5.69 Å². The van der Waals surface area contributed by atoms with Crippen LogP contribution in [-0.2, 0) is 11.2 Å². The van der Waals surface area contributed by atoms with E-state index in [1.807, 2.05) is 35.7 Å². The molecule has 3 rings (SSSR count). The summed E-state index contributed by atoms with van der Waals surface area (Å²) >= 11 is 1.49. The average Bonchev–Trinajstić information content (AvgIpc) is 3.15. The summed E-state index contributed by atoms with van der Waals surface area (Å²) in [5.41, 5.74) is 0.819. The van der Waals surface area contributed by atoms with E-state index in [0.29, 0.717) is 6.42 Å². The number of carbonyl (C=O) groups excluding carboxylic acids is 1. The Bertz CT molecular complexity index is 490. The van der Waals surface area contributed by atoms with E-state index in [9.17, 15) is 4.79 Å². The summed E-state index contributed by atoms with van der Waals surface area (Å²) in [6.45, 7) is 3.28. The molecule has 2 aromatic rings. The standard InChI is InChI=1S/C11H10N2OS.C3H8N2/c14-10(8-11-12-6-7-15-11)13-9-4-2-1-3-5-9;1-2-5-3-4-1/h1-7H,8H2,(H,13,14);4-5H,1-3H2. The Morgan fingerprint density at radius 3 is 2.55 bits per heavy atom. The van der Waals surface area contributed by atoms with Crippen LogP contribution in [0, 0.1) is 0 Å². The van der Waals surface area contributed by atoms with E-state index in [0.717, 1.165) is 30.5 Å². The Labute approximate surface area is 122 Å². The van der Waals surface area contributed by atoms with Crippen molar-refractivity contribution >= 4 is 22.9 Å². The van der Waals surface area contributed by atoms with E-state index < -0.39 is 0 Å². The summed E-state index contributed by atoms with van der Waals surface area (Å²) in [5.74, 6) is -0.0313. The van der Waals surface area contributed by atoms with Crippen molar-refractivity contribution in [3.63, 3.8) is 0 Å². The number of para-hydroxylation sites is 1. The minimum Gasteiger partial charge on any atom is -0.326 e. The van der Waals surface area contributed by atoms with Crippen molar-refractivity contribution in [1.82, 2.24) is 15.6 Å². The molecule has 0 saturated carbocycles. The Balaban J connectivity index is 0.000000247. The van der Waals surface area contributed by atoms with Gasteiger partial charge in [0, 0.05) is 37.0 Å². The molecule has 1 fully saturated rings. The molecule has 3 N–H and O–H groups in total. The number of amides is 1. The second-order valence-electron chi connectivity index (χ2n) is 4.19. The number of nitrogens with one attached hydrogen (secondary N) is 3. The predicted octanol–water partition coefficient (Wildman–Crippen LogP) is 1.46. The number of hydrogen-bond acceptors (Lipinski definition) is 5. The highest BCUT2D eigenvalue weighted by Crippen LogP contribution is 2.08. The minimum absolute atomic E-state index is 0.0313. The number of benzene rings is 1. The highest BCUT2D eigenvalue weighted by atomic mass is 32.1. The third-order valence-corrected chi connectivity index (χ3v) is 3.36. The maximum absolute atomic E-state index is 11.5. The second-order valence-corrected chi connectivity index (χ2v) is 5.17. The van der Waals surface area contributed by atoms with Gasteiger partial charge in [0.2, 0.25) is 5.91 Å². The van der Waals surface area contributed by atoms with E-state index in [1.165, 1.54) is 11.3 Å². The molecule has 5 nitrogen and oxygen atoms in total. The Morgan fingerprint density at radius 1 is 1.25 bits per heavy atom. The molecule has 1 aromatic heterocycles. The fourth-order valence-electron chi connectivity index (χ4n) is 1.65. The van der Waals surface area contributed by atoms with Crippen molar-refractivity contribution in [3.8, 4) is 0 Å². The summed E-state index contributed by atoms with van der Waals surface area (Å²) in [6.07, 6.45) is 2.04. The number of thiazole rings is 1. The molecule has 106 valence electrons. The molecule has 1 saturated heterocycles. The van der Waals surface area contributed by atoms with Crippen molar-refractivity contribution in [1.29, 1.82) is 0 Å². The monoisotopic (exact) mass is 290 g/mol. The van der Waals surface area contributed by atoms with Gasteiger partial charge in [0.25, 0.3) is 0 Å². The van der Waals surface area contributed by atoms with Crippen LogP contribution in [0.3, 0.4) is 0 Å². The van der Waals surface area contributed by atoms with Crippen LogP contribution in [-0.4, -0.2) is 30.6 Å². The van der Waals surface area contributed by atoms with Crippen LogP contribution in [0.15, 0.2) is 41.9 Å². The van der Waals surface area contributed by atoms with Gasteiger partial charge >= 0.3 is 0 Å². The Kier molecular flexibility index (Phi) is 6.16. The van der Waals surface area contributed by atoms with E-state index in [1.54, 1.807) is 6.20 Å². The van der Waals surface area contributed by atoms with Crippen LogP contribution in [0.25, 0.3) is 0 Å². The molecular formula is C14H18N4OS. The fourth-order valence-corrected chi connectivity index (χ4v) is 2.26. The van der Waals surface area contributed by atoms with Crippen molar-refractivity contribution in [3.05, 3.63) is 46.9 Å². The van der Waals surface area contributed by atoms with Gasteiger partial charge in [0.05, 0.1) is 6.42 Å². The highest BCUT2D eigenvalue weighted by Gasteiger charge is 2.05. The van der Waals surface area contributed by atoms with Crippen LogP contribution >= 0.6 is 11.3 Å². The summed E-state index contributed by atoms with van der Waals surface area (Å²) in [4.78, 5) is 15.6. The summed E-state index contributed by atoms with van der Waals surface area (Å²) < 4.78 is 0. The average molecular weight is 290 g/mol. The molecule has 1 amide bonds. The molecule has 6 heteroatoms. The lowest BCUT2D eigenvalue weighted by Gasteiger charge is -2.02. The highest BCUT2D eigenvalue weighted by molar-refractivity contribution is 7.09. The van der Waals surface area contributed by atoms with Crippen LogP contribution in [0.1, 0.15) is 5.01 Å². The summed E-state index contributed by atoms with van der Waals surface area (Å²) in [6, 6.07) is 9.41. The van der Waals surface area contributed by atoms with Gasteiger partial charge in [-0.2, -0.15) is 0 Å². The fraction of sp³-hybridized carbons (Fsp3) is 0.286. The molecule has 0 spiro atoms. The third kappa shape index (κ3) is 5.48. The lowest BCUT2D eigenvalue weighted by Crippen LogP contribution is -2.13. The van der Waals surface area contributed by atoms with Gasteiger partial charge in [-0.1, -0.05) is 18.2 Å². The normalized spacial score (nSPS) is 13.4. The maximum Gasteiger partial charge on any atom is 0.231 e. The van der Waals surface area contributed by atoms with Gasteiger partial charge in [0.1, 0.15) is 5.01 Å². The topological polar surface area (TPSA) is 66.0 Å². The largest absolute Gasteiger partial charge is 0.326 e. The first-order valence-electron chi connectivity index (χ1n) is 6.49. The number of rotatable bonds is 3. The van der Waals surface area contributed by atoms with Crippen molar-refractivity contribution in [2.45, 2.75) is 6.42 Å². The zero-order valence-electron chi connectivity index (χ0n) is 11.1. The quantitative estimate of drug-likeness (QED) is 0.801. The molecule has 0 bridgehead atoms. The van der Waals surface area contributed by atoms with Gasteiger partial charge in [-0.15, -0.1) is 11.3 Å². The number of carbonyl (C=O) groups is 1. The van der Waals surface area contributed by atoms with Crippen molar-refractivity contribution in [2.24, 2.45) is 0 Å². The number of hydrogen-bond donors (Lipinski definition) is 3. The molecule has 1 aliphatic rings.